The molecule has 0 heterocycles. The van der Waals surface area contributed by atoms with Gasteiger partial charge in [0.2, 0.25) is 0 Å². The van der Waals surface area contributed by atoms with Gasteiger partial charge in [-0.1, -0.05) is 12.1 Å². The van der Waals surface area contributed by atoms with Crippen molar-refractivity contribution in [3.05, 3.63) is 29.8 Å². The summed E-state index contributed by atoms with van der Waals surface area (Å²) in [6, 6.07) is 4.72. The maximum atomic E-state index is 11.8. The van der Waals surface area contributed by atoms with Crippen LogP contribution >= 0.6 is 0 Å². The van der Waals surface area contributed by atoms with Gasteiger partial charge in [-0.25, -0.2) is 4.79 Å². The van der Waals surface area contributed by atoms with Crippen molar-refractivity contribution >= 4 is 11.9 Å². The van der Waals surface area contributed by atoms with E-state index < -0.39 is 24.0 Å². The number of nitrogens with one attached hydrogen (secondary N) is 1. The monoisotopic (exact) mass is 253 g/mol. The number of para-hydroxylation sites is 1. The lowest BCUT2D eigenvalue weighted by atomic mass is 10.1. The number of aromatic hydroxyl groups is 1. The van der Waals surface area contributed by atoms with Crippen LogP contribution in [0.4, 0.5) is 0 Å². The average Bonchev–Trinajstić information content (AvgIpc) is 2.35. The van der Waals surface area contributed by atoms with E-state index in [1.165, 1.54) is 19.1 Å². The summed E-state index contributed by atoms with van der Waals surface area (Å²) in [5, 5.41) is 21.2. The van der Waals surface area contributed by atoms with Crippen LogP contribution in [0.2, 0.25) is 0 Å². The van der Waals surface area contributed by atoms with Crippen LogP contribution in [0, 0.1) is 0 Å². The zero-order valence-corrected chi connectivity index (χ0v) is 10.1. The summed E-state index contributed by atoms with van der Waals surface area (Å²) in [5.74, 6) is -1.62. The molecule has 1 rings (SSSR count). The number of methoxy groups -OCH3 is 1. The van der Waals surface area contributed by atoms with E-state index in [1.54, 1.807) is 12.1 Å². The van der Waals surface area contributed by atoms with E-state index in [0.29, 0.717) is 0 Å². The minimum Gasteiger partial charge on any atom is -0.507 e. The van der Waals surface area contributed by atoms with E-state index in [0.717, 1.165) is 7.11 Å². The molecule has 0 aliphatic carbocycles. The first kappa shape index (κ1) is 14.0. The number of aliphatic hydroxyl groups is 1. The molecule has 1 aromatic carbocycles. The lowest BCUT2D eigenvalue weighted by Gasteiger charge is -2.19. The van der Waals surface area contributed by atoms with Gasteiger partial charge in [0.15, 0.2) is 6.04 Å². The molecular weight excluding hydrogens is 238 g/mol. The number of aliphatic hydroxyl groups excluding tert-OH is 1. The van der Waals surface area contributed by atoms with Crippen LogP contribution in [0.25, 0.3) is 0 Å². The molecule has 0 fully saturated rings. The van der Waals surface area contributed by atoms with Gasteiger partial charge in [0, 0.05) is 0 Å². The minimum atomic E-state index is -1.18. The Morgan fingerprint density at radius 3 is 2.44 bits per heavy atom. The molecular formula is C12H15NO5. The normalized spacial score (nSPS) is 13.5. The number of carbonyl (C=O) groups is 2. The Morgan fingerprint density at radius 1 is 1.33 bits per heavy atom. The first-order chi connectivity index (χ1) is 8.47. The molecule has 0 saturated heterocycles. The molecule has 0 aromatic heterocycles. The maximum absolute atomic E-state index is 11.8. The highest BCUT2D eigenvalue weighted by molar-refractivity contribution is 5.99. The first-order valence-electron chi connectivity index (χ1n) is 5.32. The minimum absolute atomic E-state index is 0.0204. The second-order valence-corrected chi connectivity index (χ2v) is 3.73. The van der Waals surface area contributed by atoms with E-state index in [9.17, 15) is 19.8 Å². The number of phenolic OH excluding ortho intramolecular Hbond substituents is 1. The topological polar surface area (TPSA) is 95.9 Å². The van der Waals surface area contributed by atoms with Gasteiger partial charge < -0.3 is 20.3 Å². The highest BCUT2D eigenvalue weighted by Crippen LogP contribution is 2.15. The van der Waals surface area contributed by atoms with Crippen molar-refractivity contribution in [2.45, 2.75) is 19.1 Å². The molecule has 1 amide bonds. The van der Waals surface area contributed by atoms with Crippen molar-refractivity contribution in [2.75, 3.05) is 7.11 Å². The highest BCUT2D eigenvalue weighted by Gasteiger charge is 2.27. The summed E-state index contributed by atoms with van der Waals surface area (Å²) >= 11 is 0. The average molecular weight is 253 g/mol. The van der Waals surface area contributed by atoms with Crippen LogP contribution < -0.4 is 5.32 Å². The van der Waals surface area contributed by atoms with Crippen molar-refractivity contribution < 1.29 is 24.5 Å². The van der Waals surface area contributed by atoms with E-state index in [1.807, 2.05) is 0 Å². The molecule has 0 aliphatic heterocycles. The number of ether oxygens (including phenoxy) is 1. The van der Waals surface area contributed by atoms with Crippen molar-refractivity contribution in [3.63, 3.8) is 0 Å². The van der Waals surface area contributed by atoms with Gasteiger partial charge in [-0.05, 0) is 19.1 Å². The molecule has 1 aromatic rings. The molecule has 0 radical (unpaired) electrons. The van der Waals surface area contributed by atoms with Gasteiger partial charge in [0.05, 0.1) is 18.8 Å². The summed E-state index contributed by atoms with van der Waals surface area (Å²) in [4.78, 5) is 23.2. The van der Waals surface area contributed by atoms with Gasteiger partial charge >= 0.3 is 5.97 Å². The second-order valence-electron chi connectivity index (χ2n) is 3.73. The fraction of sp³-hybridized carbons (Fsp3) is 0.333. The molecule has 0 unspecified atom stereocenters. The van der Waals surface area contributed by atoms with Crippen molar-refractivity contribution in [2.24, 2.45) is 0 Å². The number of rotatable bonds is 4. The third-order valence-corrected chi connectivity index (χ3v) is 2.37. The Balaban J connectivity index is 2.86. The van der Waals surface area contributed by atoms with Crippen LogP contribution in [-0.4, -0.2) is 41.3 Å². The maximum Gasteiger partial charge on any atom is 0.331 e. The smallest absolute Gasteiger partial charge is 0.331 e. The molecule has 98 valence electrons. The summed E-state index contributed by atoms with van der Waals surface area (Å²) in [7, 11) is 1.16. The fourth-order valence-electron chi connectivity index (χ4n) is 1.39. The lowest BCUT2D eigenvalue weighted by Crippen LogP contribution is -2.48. The second kappa shape index (κ2) is 6.02. The van der Waals surface area contributed by atoms with Crippen LogP contribution in [-0.2, 0) is 9.53 Å². The van der Waals surface area contributed by atoms with Crippen LogP contribution in [0.1, 0.15) is 17.3 Å². The van der Waals surface area contributed by atoms with Crippen molar-refractivity contribution in [3.8, 4) is 5.75 Å². The van der Waals surface area contributed by atoms with E-state index in [4.69, 9.17) is 0 Å². The third kappa shape index (κ3) is 3.21. The van der Waals surface area contributed by atoms with Gasteiger partial charge in [-0.2, -0.15) is 0 Å². The summed E-state index contributed by atoms with van der Waals surface area (Å²) < 4.78 is 4.46. The Bertz CT molecular complexity index is 444. The molecule has 6 heteroatoms. The zero-order chi connectivity index (χ0) is 13.7. The van der Waals surface area contributed by atoms with E-state index in [2.05, 4.69) is 10.1 Å². The Morgan fingerprint density at radius 2 is 1.94 bits per heavy atom. The predicted octanol–water partition coefficient (Wildman–Crippen LogP) is 0.0444. The number of hydrogen-bond donors (Lipinski definition) is 3. The fourth-order valence-corrected chi connectivity index (χ4v) is 1.39. The number of amides is 1. The van der Waals surface area contributed by atoms with E-state index in [-0.39, 0.29) is 11.3 Å². The van der Waals surface area contributed by atoms with Gasteiger partial charge in [-0.15, -0.1) is 0 Å². The standard InChI is InChI=1S/C12H15NO5/c1-7(14)10(12(17)18-2)13-11(16)8-5-3-4-6-9(8)15/h3-7,10,14-15H,1-2H3,(H,13,16)/t7-,10+/m1/s1. The summed E-state index contributed by atoms with van der Waals surface area (Å²) in [6.45, 7) is 1.35. The van der Waals surface area contributed by atoms with Gasteiger partial charge in [0.1, 0.15) is 5.75 Å². The van der Waals surface area contributed by atoms with Crippen LogP contribution in [0.3, 0.4) is 0 Å². The Hall–Kier alpha value is -2.08. The number of phenols is 1. The van der Waals surface area contributed by atoms with Gasteiger partial charge in [0.25, 0.3) is 5.91 Å². The molecule has 2 atom stereocenters. The number of hydrogen-bond acceptors (Lipinski definition) is 5. The lowest BCUT2D eigenvalue weighted by molar-refractivity contribution is -0.145. The molecule has 18 heavy (non-hydrogen) atoms. The molecule has 3 N–H and O–H groups in total. The van der Waals surface area contributed by atoms with E-state index >= 15 is 0 Å². The zero-order valence-electron chi connectivity index (χ0n) is 10.1. The third-order valence-electron chi connectivity index (χ3n) is 2.37. The largest absolute Gasteiger partial charge is 0.507 e. The van der Waals surface area contributed by atoms with Gasteiger partial charge in [-0.3, -0.25) is 4.79 Å². The SMILES string of the molecule is COC(=O)[C@@H](NC(=O)c1ccccc1O)[C@@H](C)O. The summed E-state index contributed by atoms with van der Waals surface area (Å²) in [6.07, 6.45) is -1.10. The number of esters is 1. The molecule has 0 bridgehead atoms. The molecule has 0 aliphatic rings. The predicted molar refractivity (Wildman–Crippen MR) is 63.1 cm³/mol. The first-order valence-corrected chi connectivity index (χ1v) is 5.32. The van der Waals surface area contributed by atoms with Crippen LogP contribution in [0.15, 0.2) is 24.3 Å². The highest BCUT2D eigenvalue weighted by atomic mass is 16.5. The summed E-state index contributed by atoms with van der Waals surface area (Å²) in [5.41, 5.74) is 0.0204. The number of benzene rings is 1. The Kier molecular flexibility index (Phi) is 4.67. The van der Waals surface area contributed by atoms with Crippen molar-refractivity contribution in [1.29, 1.82) is 0 Å². The number of carbonyl (C=O) groups excluding carboxylic acids is 2. The molecule has 0 spiro atoms. The molecule has 0 saturated carbocycles. The molecule has 6 nitrogen and oxygen atoms in total. The Labute approximate surface area is 104 Å². The van der Waals surface area contributed by atoms with Crippen LogP contribution in [0.5, 0.6) is 5.75 Å². The quantitative estimate of drug-likeness (QED) is 0.659. The van der Waals surface area contributed by atoms with Crippen molar-refractivity contribution in [1.82, 2.24) is 5.32 Å².